The maximum Gasteiger partial charge on any atom is 0.192 e. The SMILES string of the molecule is Cc1nnc(CNC(=NCc2ccc(F)cc2)NCCN2CCOCC2)n1C.I. The van der Waals surface area contributed by atoms with Gasteiger partial charge in [-0.05, 0) is 24.6 Å². The third-order valence-electron chi connectivity index (χ3n) is 4.75. The standard InChI is InChI=1S/C19H28FN7O.HI/c1-15-24-25-18(26(15)2)14-23-19(21-7-8-27-9-11-28-12-10-27)22-13-16-3-5-17(20)6-4-16;/h3-6H,7-14H2,1-2H3,(H2,21,22,23);1H. The van der Waals surface area contributed by atoms with E-state index in [-0.39, 0.29) is 29.8 Å². The maximum atomic E-state index is 13.1. The van der Waals surface area contributed by atoms with Gasteiger partial charge in [0.05, 0.1) is 26.3 Å². The van der Waals surface area contributed by atoms with E-state index in [0.29, 0.717) is 19.0 Å². The lowest BCUT2D eigenvalue weighted by Gasteiger charge is -2.26. The van der Waals surface area contributed by atoms with Crippen LogP contribution in [-0.2, 0) is 24.9 Å². The first-order chi connectivity index (χ1) is 13.6. The molecule has 1 aromatic carbocycles. The number of hydrogen-bond donors (Lipinski definition) is 2. The zero-order valence-corrected chi connectivity index (χ0v) is 19.2. The lowest BCUT2D eigenvalue weighted by molar-refractivity contribution is 0.0389. The predicted octanol–water partition coefficient (Wildman–Crippen LogP) is 1.45. The van der Waals surface area contributed by atoms with Gasteiger partial charge >= 0.3 is 0 Å². The fourth-order valence-corrected chi connectivity index (χ4v) is 2.86. The van der Waals surface area contributed by atoms with Gasteiger partial charge in [-0.2, -0.15) is 0 Å². The van der Waals surface area contributed by atoms with Crippen molar-refractivity contribution in [1.29, 1.82) is 0 Å². The third-order valence-corrected chi connectivity index (χ3v) is 4.75. The van der Waals surface area contributed by atoms with Crippen molar-refractivity contribution in [2.75, 3.05) is 39.4 Å². The molecule has 10 heteroatoms. The van der Waals surface area contributed by atoms with Crippen molar-refractivity contribution in [3.05, 3.63) is 47.3 Å². The maximum absolute atomic E-state index is 13.1. The molecule has 1 aliphatic rings. The van der Waals surface area contributed by atoms with Gasteiger partial charge in [-0.1, -0.05) is 12.1 Å². The van der Waals surface area contributed by atoms with E-state index in [1.807, 2.05) is 18.5 Å². The Kier molecular flexibility index (Phi) is 9.74. The zero-order chi connectivity index (χ0) is 19.8. The molecule has 0 bridgehead atoms. The Bertz CT molecular complexity index is 775. The number of nitrogens with one attached hydrogen (secondary N) is 2. The van der Waals surface area contributed by atoms with Gasteiger partial charge < -0.3 is 19.9 Å². The number of aryl methyl sites for hydroxylation is 1. The first-order valence-electron chi connectivity index (χ1n) is 9.53. The first kappa shape index (κ1) is 23.5. The van der Waals surface area contributed by atoms with Gasteiger partial charge in [0.15, 0.2) is 11.8 Å². The minimum Gasteiger partial charge on any atom is -0.379 e. The quantitative estimate of drug-likeness (QED) is 0.329. The number of nitrogens with zero attached hydrogens (tertiary/aromatic N) is 5. The van der Waals surface area contributed by atoms with Crippen molar-refractivity contribution in [1.82, 2.24) is 30.3 Å². The fourth-order valence-electron chi connectivity index (χ4n) is 2.86. The largest absolute Gasteiger partial charge is 0.379 e. The highest BCUT2D eigenvalue weighted by molar-refractivity contribution is 14.0. The molecule has 160 valence electrons. The zero-order valence-electron chi connectivity index (χ0n) is 16.9. The van der Waals surface area contributed by atoms with Crippen molar-refractivity contribution in [3.63, 3.8) is 0 Å². The predicted molar refractivity (Wildman–Crippen MR) is 121 cm³/mol. The summed E-state index contributed by atoms with van der Waals surface area (Å²) >= 11 is 0. The van der Waals surface area contributed by atoms with Crippen LogP contribution >= 0.6 is 24.0 Å². The van der Waals surface area contributed by atoms with Gasteiger partial charge in [0.25, 0.3) is 0 Å². The second kappa shape index (κ2) is 12.0. The normalized spacial score (nSPS) is 15.1. The van der Waals surface area contributed by atoms with Crippen LogP contribution in [0.4, 0.5) is 4.39 Å². The fraction of sp³-hybridized carbons (Fsp3) is 0.526. The molecule has 8 nitrogen and oxygen atoms in total. The Morgan fingerprint density at radius 1 is 1.17 bits per heavy atom. The summed E-state index contributed by atoms with van der Waals surface area (Å²) in [6.07, 6.45) is 0. The van der Waals surface area contributed by atoms with Crippen LogP contribution in [0.3, 0.4) is 0 Å². The lowest BCUT2D eigenvalue weighted by Crippen LogP contribution is -2.44. The molecule has 1 saturated heterocycles. The van der Waals surface area contributed by atoms with Crippen molar-refractivity contribution >= 4 is 29.9 Å². The van der Waals surface area contributed by atoms with Crippen LogP contribution in [-0.4, -0.2) is 65.0 Å². The molecule has 1 aliphatic heterocycles. The number of aliphatic imine (C=N–C) groups is 1. The number of rotatable bonds is 7. The van der Waals surface area contributed by atoms with Gasteiger partial charge in [-0.3, -0.25) is 4.90 Å². The van der Waals surface area contributed by atoms with Crippen LogP contribution in [0, 0.1) is 12.7 Å². The Hall–Kier alpha value is -1.79. The minimum absolute atomic E-state index is 0. The molecular formula is C19H29FIN7O. The number of guanidine groups is 1. The summed E-state index contributed by atoms with van der Waals surface area (Å²) in [7, 11) is 1.94. The monoisotopic (exact) mass is 517 g/mol. The topological polar surface area (TPSA) is 79.6 Å². The molecule has 2 N–H and O–H groups in total. The summed E-state index contributed by atoms with van der Waals surface area (Å²) < 4.78 is 20.4. The molecule has 2 heterocycles. The van der Waals surface area contributed by atoms with E-state index in [9.17, 15) is 4.39 Å². The van der Waals surface area contributed by atoms with Crippen molar-refractivity contribution in [2.24, 2.45) is 12.0 Å². The Labute approximate surface area is 188 Å². The van der Waals surface area contributed by atoms with Crippen LogP contribution in [0.5, 0.6) is 0 Å². The van der Waals surface area contributed by atoms with E-state index in [1.54, 1.807) is 12.1 Å². The van der Waals surface area contributed by atoms with Crippen LogP contribution in [0.2, 0.25) is 0 Å². The second-order valence-electron chi connectivity index (χ2n) is 6.75. The molecule has 1 aromatic heterocycles. The highest BCUT2D eigenvalue weighted by Crippen LogP contribution is 2.04. The smallest absolute Gasteiger partial charge is 0.192 e. The second-order valence-corrected chi connectivity index (χ2v) is 6.75. The van der Waals surface area contributed by atoms with Gasteiger partial charge in [-0.25, -0.2) is 9.38 Å². The number of hydrogen-bond acceptors (Lipinski definition) is 5. The molecule has 0 saturated carbocycles. The van der Waals surface area contributed by atoms with Crippen LogP contribution in [0.25, 0.3) is 0 Å². The number of ether oxygens (including phenoxy) is 1. The average Bonchev–Trinajstić information content (AvgIpc) is 3.03. The Balaban J connectivity index is 0.00000300. The van der Waals surface area contributed by atoms with E-state index in [4.69, 9.17) is 4.74 Å². The molecule has 0 radical (unpaired) electrons. The third kappa shape index (κ3) is 7.52. The van der Waals surface area contributed by atoms with E-state index >= 15 is 0 Å². The molecule has 3 rings (SSSR count). The van der Waals surface area contributed by atoms with E-state index in [1.165, 1.54) is 12.1 Å². The lowest BCUT2D eigenvalue weighted by atomic mass is 10.2. The number of benzene rings is 1. The summed E-state index contributed by atoms with van der Waals surface area (Å²) in [5.41, 5.74) is 0.949. The summed E-state index contributed by atoms with van der Waals surface area (Å²) in [6.45, 7) is 8.07. The van der Waals surface area contributed by atoms with E-state index < -0.39 is 0 Å². The Morgan fingerprint density at radius 3 is 2.55 bits per heavy atom. The first-order valence-corrected chi connectivity index (χ1v) is 9.53. The van der Waals surface area contributed by atoms with Gasteiger partial charge in [0.2, 0.25) is 0 Å². The molecule has 0 unspecified atom stereocenters. The Morgan fingerprint density at radius 2 is 1.90 bits per heavy atom. The molecule has 29 heavy (non-hydrogen) atoms. The molecule has 0 aliphatic carbocycles. The van der Waals surface area contributed by atoms with Crippen molar-refractivity contribution in [3.8, 4) is 0 Å². The number of morpholine rings is 1. The summed E-state index contributed by atoms with van der Waals surface area (Å²) in [5, 5.41) is 14.9. The molecular weight excluding hydrogens is 488 g/mol. The highest BCUT2D eigenvalue weighted by atomic mass is 127. The number of halogens is 2. The van der Waals surface area contributed by atoms with Crippen LogP contribution in [0.15, 0.2) is 29.3 Å². The number of aromatic nitrogens is 3. The van der Waals surface area contributed by atoms with Gasteiger partial charge in [-0.15, -0.1) is 34.2 Å². The molecule has 0 spiro atoms. The van der Waals surface area contributed by atoms with Crippen molar-refractivity contribution in [2.45, 2.75) is 20.0 Å². The van der Waals surface area contributed by atoms with Gasteiger partial charge in [0, 0.05) is 33.2 Å². The average molecular weight is 517 g/mol. The summed E-state index contributed by atoms with van der Waals surface area (Å²) in [4.78, 5) is 6.99. The minimum atomic E-state index is -0.243. The summed E-state index contributed by atoms with van der Waals surface area (Å²) in [6, 6.07) is 6.39. The molecule has 1 fully saturated rings. The van der Waals surface area contributed by atoms with Gasteiger partial charge in [0.1, 0.15) is 11.6 Å². The van der Waals surface area contributed by atoms with Crippen LogP contribution in [0.1, 0.15) is 17.2 Å². The molecule has 0 amide bonds. The van der Waals surface area contributed by atoms with Crippen LogP contribution < -0.4 is 10.6 Å². The molecule has 2 aromatic rings. The highest BCUT2D eigenvalue weighted by Gasteiger charge is 2.10. The molecule has 0 atom stereocenters. The van der Waals surface area contributed by atoms with E-state index in [2.05, 4.69) is 30.7 Å². The summed E-state index contributed by atoms with van der Waals surface area (Å²) in [5.74, 6) is 2.15. The van der Waals surface area contributed by atoms with Crippen molar-refractivity contribution < 1.29 is 9.13 Å². The van der Waals surface area contributed by atoms with E-state index in [0.717, 1.165) is 56.6 Å².